The van der Waals surface area contributed by atoms with Crippen LogP contribution in [0.4, 0.5) is 4.79 Å². The molecule has 2 aromatic carbocycles. The van der Waals surface area contributed by atoms with E-state index in [0.717, 1.165) is 28.2 Å². The summed E-state index contributed by atoms with van der Waals surface area (Å²) in [6.45, 7) is 4.37. The van der Waals surface area contributed by atoms with Crippen LogP contribution in [0.2, 0.25) is 0 Å². The second-order valence-electron chi connectivity index (χ2n) is 7.48. The van der Waals surface area contributed by atoms with Crippen molar-refractivity contribution in [3.63, 3.8) is 0 Å². The van der Waals surface area contributed by atoms with E-state index in [-0.39, 0.29) is 25.0 Å². The standard InChI is InChI=1S/C24H24N2O3/c1-17-8-9-18(2)25(17)21-12-10-20(11-13-21)15-23(27)26-22(16-29-24(26)28)14-19-6-4-3-5-7-19/h3-13,22H,14-16H2,1-2H3/t22-/m0/s1. The fourth-order valence-corrected chi connectivity index (χ4v) is 3.90. The molecule has 1 aliphatic rings. The maximum absolute atomic E-state index is 12.9. The van der Waals surface area contributed by atoms with Gasteiger partial charge in [-0.2, -0.15) is 0 Å². The number of ether oxygens (including phenoxy) is 1. The minimum Gasteiger partial charge on any atom is -0.447 e. The largest absolute Gasteiger partial charge is 0.447 e. The van der Waals surface area contributed by atoms with Crippen LogP contribution >= 0.6 is 0 Å². The number of hydrogen-bond donors (Lipinski definition) is 0. The van der Waals surface area contributed by atoms with Crippen LogP contribution in [0.25, 0.3) is 5.69 Å². The first-order chi connectivity index (χ1) is 14.0. The van der Waals surface area contributed by atoms with Crippen molar-refractivity contribution >= 4 is 12.0 Å². The van der Waals surface area contributed by atoms with Gasteiger partial charge >= 0.3 is 6.09 Å². The van der Waals surface area contributed by atoms with Gasteiger partial charge in [0.25, 0.3) is 0 Å². The predicted octanol–water partition coefficient (Wildman–Crippen LogP) is 4.23. The van der Waals surface area contributed by atoms with Gasteiger partial charge in [0.05, 0.1) is 12.5 Å². The molecule has 4 rings (SSSR count). The summed E-state index contributed by atoms with van der Waals surface area (Å²) in [5, 5.41) is 0. The van der Waals surface area contributed by atoms with Crippen LogP contribution < -0.4 is 0 Å². The number of carbonyl (C=O) groups excluding carboxylic acids is 2. The summed E-state index contributed by atoms with van der Waals surface area (Å²) in [4.78, 5) is 26.3. The molecule has 29 heavy (non-hydrogen) atoms. The maximum Gasteiger partial charge on any atom is 0.416 e. The van der Waals surface area contributed by atoms with Crippen molar-refractivity contribution < 1.29 is 14.3 Å². The minimum absolute atomic E-state index is 0.171. The molecule has 0 N–H and O–H groups in total. The molecule has 3 aromatic rings. The minimum atomic E-state index is -0.550. The number of amides is 2. The molecule has 0 saturated carbocycles. The summed E-state index contributed by atoms with van der Waals surface area (Å²) < 4.78 is 7.33. The summed E-state index contributed by atoms with van der Waals surface area (Å²) in [5.74, 6) is -0.227. The van der Waals surface area contributed by atoms with E-state index in [4.69, 9.17) is 4.74 Å². The normalized spacial score (nSPS) is 16.1. The van der Waals surface area contributed by atoms with Crippen molar-refractivity contribution in [2.75, 3.05) is 6.61 Å². The second kappa shape index (κ2) is 7.95. The van der Waals surface area contributed by atoms with E-state index >= 15 is 0 Å². The van der Waals surface area contributed by atoms with Gasteiger partial charge in [-0.15, -0.1) is 0 Å². The van der Waals surface area contributed by atoms with Gasteiger partial charge in [0, 0.05) is 17.1 Å². The lowest BCUT2D eigenvalue weighted by atomic mass is 10.0. The van der Waals surface area contributed by atoms with Gasteiger partial charge in [0.1, 0.15) is 6.61 Å². The highest BCUT2D eigenvalue weighted by molar-refractivity contribution is 5.94. The number of nitrogens with zero attached hydrogens (tertiary/aromatic N) is 2. The highest BCUT2D eigenvalue weighted by atomic mass is 16.6. The Balaban J connectivity index is 1.47. The van der Waals surface area contributed by atoms with E-state index in [9.17, 15) is 9.59 Å². The molecule has 0 unspecified atom stereocenters. The first-order valence-corrected chi connectivity index (χ1v) is 9.80. The van der Waals surface area contributed by atoms with Gasteiger partial charge < -0.3 is 9.30 Å². The summed E-state index contributed by atoms with van der Waals surface area (Å²) in [6.07, 6.45) is 0.222. The van der Waals surface area contributed by atoms with Crippen molar-refractivity contribution in [3.8, 4) is 5.69 Å². The van der Waals surface area contributed by atoms with Crippen molar-refractivity contribution in [1.82, 2.24) is 9.47 Å². The van der Waals surface area contributed by atoms with Gasteiger partial charge in [0.2, 0.25) is 5.91 Å². The Kier molecular flexibility index (Phi) is 5.21. The van der Waals surface area contributed by atoms with Crippen LogP contribution in [0.5, 0.6) is 0 Å². The van der Waals surface area contributed by atoms with Crippen LogP contribution in [-0.4, -0.2) is 34.1 Å². The van der Waals surface area contributed by atoms with Crippen molar-refractivity contribution in [2.45, 2.75) is 32.7 Å². The maximum atomic E-state index is 12.9. The monoisotopic (exact) mass is 388 g/mol. The average Bonchev–Trinajstić information content (AvgIpc) is 3.25. The number of rotatable bonds is 5. The van der Waals surface area contributed by atoms with Crippen molar-refractivity contribution in [1.29, 1.82) is 0 Å². The quantitative estimate of drug-likeness (QED) is 0.657. The molecule has 1 fully saturated rings. The number of imide groups is 1. The van der Waals surface area contributed by atoms with Gasteiger partial charge in [-0.3, -0.25) is 4.79 Å². The lowest BCUT2D eigenvalue weighted by molar-refractivity contribution is -0.128. The van der Waals surface area contributed by atoms with Gasteiger partial charge in [-0.25, -0.2) is 9.69 Å². The Bertz CT molecular complexity index is 1000. The molecule has 0 aliphatic carbocycles. The third kappa shape index (κ3) is 3.94. The molecule has 0 bridgehead atoms. The van der Waals surface area contributed by atoms with Crippen LogP contribution in [0.1, 0.15) is 22.5 Å². The van der Waals surface area contributed by atoms with Gasteiger partial charge in [-0.05, 0) is 55.7 Å². The molecule has 5 heteroatoms. The molecule has 2 amide bonds. The smallest absolute Gasteiger partial charge is 0.416 e. The van der Waals surface area contributed by atoms with E-state index in [0.29, 0.717) is 6.42 Å². The fraction of sp³-hybridized carbons (Fsp3) is 0.250. The molecular formula is C24H24N2O3. The predicted molar refractivity (Wildman–Crippen MR) is 111 cm³/mol. The van der Waals surface area contributed by atoms with Gasteiger partial charge in [0.15, 0.2) is 0 Å². The van der Waals surface area contributed by atoms with Crippen molar-refractivity contribution in [2.24, 2.45) is 0 Å². The zero-order valence-corrected chi connectivity index (χ0v) is 16.7. The topological polar surface area (TPSA) is 51.5 Å². The Hall–Kier alpha value is -3.34. The first-order valence-electron chi connectivity index (χ1n) is 9.80. The molecule has 1 atom stereocenters. The molecule has 2 heterocycles. The number of carbonyl (C=O) groups is 2. The highest BCUT2D eigenvalue weighted by Gasteiger charge is 2.37. The van der Waals surface area contributed by atoms with Crippen LogP contribution in [-0.2, 0) is 22.4 Å². The SMILES string of the molecule is Cc1ccc(C)n1-c1ccc(CC(=O)N2C(=O)OC[C@@H]2Cc2ccccc2)cc1. The van der Waals surface area contributed by atoms with E-state index < -0.39 is 6.09 Å². The molecule has 0 spiro atoms. The number of cyclic esters (lactones) is 1. The molecule has 5 nitrogen and oxygen atoms in total. The molecule has 148 valence electrons. The second-order valence-corrected chi connectivity index (χ2v) is 7.48. The number of aryl methyl sites for hydroxylation is 2. The Morgan fingerprint density at radius 2 is 1.59 bits per heavy atom. The van der Waals surface area contributed by atoms with Crippen LogP contribution in [0, 0.1) is 13.8 Å². The summed E-state index contributed by atoms with van der Waals surface area (Å²) in [6, 6.07) is 21.6. The third-order valence-corrected chi connectivity index (χ3v) is 5.36. The Morgan fingerprint density at radius 1 is 0.931 bits per heavy atom. The summed E-state index contributed by atoms with van der Waals surface area (Å²) >= 11 is 0. The zero-order valence-electron chi connectivity index (χ0n) is 16.7. The van der Waals surface area contributed by atoms with Crippen LogP contribution in [0.3, 0.4) is 0 Å². The highest BCUT2D eigenvalue weighted by Crippen LogP contribution is 2.20. The van der Waals surface area contributed by atoms with E-state index in [1.54, 1.807) is 0 Å². The Labute approximate surface area is 170 Å². The Morgan fingerprint density at radius 3 is 2.24 bits per heavy atom. The fourth-order valence-electron chi connectivity index (χ4n) is 3.90. The molecule has 0 radical (unpaired) electrons. The zero-order chi connectivity index (χ0) is 20.4. The van der Waals surface area contributed by atoms with Crippen LogP contribution in [0.15, 0.2) is 66.7 Å². The van der Waals surface area contributed by atoms with Crippen molar-refractivity contribution in [3.05, 3.63) is 89.2 Å². The number of aromatic nitrogens is 1. The van der Waals surface area contributed by atoms with Gasteiger partial charge in [-0.1, -0.05) is 42.5 Å². The van der Waals surface area contributed by atoms with E-state index in [2.05, 4.69) is 30.5 Å². The molecule has 1 aromatic heterocycles. The number of benzene rings is 2. The average molecular weight is 388 g/mol. The first kappa shape index (κ1) is 19.0. The third-order valence-electron chi connectivity index (χ3n) is 5.36. The molecule has 1 saturated heterocycles. The lowest BCUT2D eigenvalue weighted by Crippen LogP contribution is -2.41. The van der Waals surface area contributed by atoms with E-state index in [1.165, 1.54) is 4.90 Å². The summed E-state index contributed by atoms with van der Waals surface area (Å²) in [5.41, 5.74) is 5.34. The summed E-state index contributed by atoms with van der Waals surface area (Å²) in [7, 11) is 0. The number of hydrogen-bond acceptors (Lipinski definition) is 3. The molecular weight excluding hydrogens is 364 g/mol. The van der Waals surface area contributed by atoms with E-state index in [1.807, 2.05) is 54.6 Å². The molecule has 1 aliphatic heterocycles. The lowest BCUT2D eigenvalue weighted by Gasteiger charge is -2.20.